The number of aliphatic hydroxyl groups is 1. The van der Waals surface area contributed by atoms with Crippen LogP contribution in [-0.4, -0.2) is 23.7 Å². The average molecular weight is 239 g/mol. The summed E-state index contributed by atoms with van der Waals surface area (Å²) in [5, 5.41) is 17.9. The summed E-state index contributed by atoms with van der Waals surface area (Å²) in [5.74, 6) is 0. The van der Waals surface area contributed by atoms with Gasteiger partial charge in [-0.25, -0.2) is 0 Å². The summed E-state index contributed by atoms with van der Waals surface area (Å²) in [5.41, 5.74) is 1.78. The molecule has 0 aromatic heterocycles. The quantitative estimate of drug-likeness (QED) is 0.647. The molecule has 86 valence electrons. The number of piperidine rings is 1. The van der Waals surface area contributed by atoms with Crippen molar-refractivity contribution in [3.05, 3.63) is 28.8 Å². The highest BCUT2D eigenvalue weighted by atomic mass is 35.5. The van der Waals surface area contributed by atoms with Gasteiger partial charge < -0.3 is 15.7 Å². The summed E-state index contributed by atoms with van der Waals surface area (Å²) in [6.45, 7) is 1.90. The summed E-state index contributed by atoms with van der Waals surface area (Å²) in [7, 11) is 0. The van der Waals surface area contributed by atoms with E-state index in [2.05, 4.69) is 10.6 Å². The van der Waals surface area contributed by atoms with Crippen LogP contribution in [0.1, 0.15) is 24.5 Å². The smallest absolute Gasteiger partial charge is 0.104 e. The molecule has 0 amide bonds. The zero-order valence-corrected chi connectivity index (χ0v) is 9.72. The van der Waals surface area contributed by atoms with Crippen molar-refractivity contribution in [1.29, 1.82) is 0 Å². The van der Waals surface area contributed by atoms with Crippen LogP contribution in [0.2, 0.25) is 5.02 Å². The molecule has 2 heterocycles. The highest BCUT2D eigenvalue weighted by molar-refractivity contribution is 6.30. The van der Waals surface area contributed by atoms with Crippen LogP contribution in [0.3, 0.4) is 0 Å². The average Bonchev–Trinajstić information content (AvgIpc) is 2.53. The summed E-state index contributed by atoms with van der Waals surface area (Å²) in [4.78, 5) is 0. The van der Waals surface area contributed by atoms with E-state index in [0.717, 1.165) is 37.2 Å². The minimum Gasteiger partial charge on any atom is -0.386 e. The van der Waals surface area contributed by atoms with Crippen molar-refractivity contribution in [2.24, 2.45) is 0 Å². The molecule has 0 saturated carbocycles. The molecule has 1 saturated heterocycles. The van der Waals surface area contributed by atoms with Crippen LogP contribution in [0.4, 0.5) is 5.69 Å². The first-order chi connectivity index (χ1) is 7.71. The van der Waals surface area contributed by atoms with Crippen LogP contribution in [0.25, 0.3) is 0 Å². The zero-order chi connectivity index (χ0) is 11.2. The molecule has 1 fully saturated rings. The molecule has 4 heteroatoms. The maximum absolute atomic E-state index is 10.4. The van der Waals surface area contributed by atoms with Crippen molar-refractivity contribution in [3.63, 3.8) is 0 Å². The van der Waals surface area contributed by atoms with Gasteiger partial charge in [0.05, 0.1) is 5.54 Å². The fraction of sp³-hybridized carbons (Fsp3) is 0.500. The normalized spacial score (nSPS) is 26.5. The molecule has 1 atom stereocenters. The van der Waals surface area contributed by atoms with Gasteiger partial charge in [0.15, 0.2) is 0 Å². The number of halogens is 1. The Hall–Kier alpha value is -0.770. The maximum atomic E-state index is 10.4. The molecular formula is C12H15ClN2O. The SMILES string of the molecule is OC1c2ccc(Cl)cc2NC12CCNCC2. The lowest BCUT2D eigenvalue weighted by Gasteiger charge is -2.37. The summed E-state index contributed by atoms with van der Waals surface area (Å²) in [6, 6.07) is 5.66. The Bertz CT molecular complexity index is 415. The van der Waals surface area contributed by atoms with Gasteiger partial charge in [0.1, 0.15) is 6.10 Å². The number of hydrogen-bond acceptors (Lipinski definition) is 3. The zero-order valence-electron chi connectivity index (χ0n) is 8.96. The highest BCUT2D eigenvalue weighted by Crippen LogP contribution is 2.46. The van der Waals surface area contributed by atoms with E-state index < -0.39 is 6.10 Å². The van der Waals surface area contributed by atoms with Crippen molar-refractivity contribution in [3.8, 4) is 0 Å². The van der Waals surface area contributed by atoms with Gasteiger partial charge in [0, 0.05) is 16.3 Å². The molecule has 3 N–H and O–H groups in total. The molecule has 1 unspecified atom stereocenters. The number of hydrogen-bond donors (Lipinski definition) is 3. The van der Waals surface area contributed by atoms with Gasteiger partial charge in [-0.05, 0) is 38.1 Å². The second-order valence-corrected chi connectivity index (χ2v) is 5.10. The third-order valence-electron chi connectivity index (χ3n) is 3.71. The van der Waals surface area contributed by atoms with Gasteiger partial charge in [-0.15, -0.1) is 0 Å². The lowest BCUT2D eigenvalue weighted by atomic mass is 9.83. The summed E-state index contributed by atoms with van der Waals surface area (Å²) < 4.78 is 0. The number of anilines is 1. The fourth-order valence-electron chi connectivity index (χ4n) is 2.78. The molecule has 0 radical (unpaired) electrons. The Morgan fingerprint density at radius 1 is 1.31 bits per heavy atom. The third-order valence-corrected chi connectivity index (χ3v) is 3.95. The summed E-state index contributed by atoms with van der Waals surface area (Å²) in [6.07, 6.45) is 1.47. The Morgan fingerprint density at radius 2 is 2.06 bits per heavy atom. The monoisotopic (exact) mass is 238 g/mol. The van der Waals surface area contributed by atoms with E-state index in [0.29, 0.717) is 5.02 Å². The van der Waals surface area contributed by atoms with Crippen LogP contribution in [0, 0.1) is 0 Å². The number of fused-ring (bicyclic) bond motifs is 1. The van der Waals surface area contributed by atoms with Crippen LogP contribution < -0.4 is 10.6 Å². The standard InChI is InChI=1S/C12H15ClN2O/c13-8-1-2-9-10(7-8)15-12(11(9)16)3-5-14-6-4-12/h1-2,7,11,14-16H,3-6H2. The number of rotatable bonds is 0. The molecule has 0 bridgehead atoms. The Balaban J connectivity index is 1.98. The molecule has 3 rings (SSSR count). The van der Waals surface area contributed by atoms with E-state index in [4.69, 9.17) is 11.6 Å². The van der Waals surface area contributed by atoms with E-state index in [1.165, 1.54) is 0 Å². The largest absolute Gasteiger partial charge is 0.386 e. The molecule has 1 aromatic rings. The molecule has 2 aliphatic rings. The van der Waals surface area contributed by atoms with E-state index >= 15 is 0 Å². The van der Waals surface area contributed by atoms with Gasteiger partial charge in [0.25, 0.3) is 0 Å². The molecule has 1 aromatic carbocycles. The maximum Gasteiger partial charge on any atom is 0.104 e. The van der Waals surface area contributed by atoms with Crippen LogP contribution >= 0.6 is 11.6 Å². The van der Waals surface area contributed by atoms with Crippen molar-refractivity contribution < 1.29 is 5.11 Å². The first-order valence-corrected chi connectivity index (χ1v) is 6.05. The molecular weight excluding hydrogens is 224 g/mol. The van der Waals surface area contributed by atoms with E-state index in [9.17, 15) is 5.11 Å². The predicted molar refractivity (Wildman–Crippen MR) is 64.9 cm³/mol. The van der Waals surface area contributed by atoms with Crippen molar-refractivity contribution >= 4 is 17.3 Å². The van der Waals surface area contributed by atoms with Crippen LogP contribution in [0.5, 0.6) is 0 Å². The fourth-order valence-corrected chi connectivity index (χ4v) is 2.95. The van der Waals surface area contributed by atoms with E-state index in [1.807, 2.05) is 18.2 Å². The van der Waals surface area contributed by atoms with E-state index in [1.54, 1.807) is 0 Å². The topological polar surface area (TPSA) is 44.3 Å². The Morgan fingerprint density at radius 3 is 2.81 bits per heavy atom. The first kappa shape index (κ1) is 10.4. The second kappa shape index (κ2) is 3.62. The van der Waals surface area contributed by atoms with Crippen LogP contribution in [-0.2, 0) is 0 Å². The van der Waals surface area contributed by atoms with Gasteiger partial charge in [-0.2, -0.15) is 0 Å². The number of benzene rings is 1. The lowest BCUT2D eigenvalue weighted by molar-refractivity contribution is 0.0873. The molecule has 1 spiro atoms. The van der Waals surface area contributed by atoms with Crippen molar-refractivity contribution in [2.75, 3.05) is 18.4 Å². The van der Waals surface area contributed by atoms with Crippen molar-refractivity contribution in [1.82, 2.24) is 5.32 Å². The Labute approximate surface area is 99.8 Å². The molecule has 3 nitrogen and oxygen atoms in total. The minimum absolute atomic E-state index is 0.182. The van der Waals surface area contributed by atoms with Crippen LogP contribution in [0.15, 0.2) is 18.2 Å². The third kappa shape index (κ3) is 1.43. The predicted octanol–water partition coefficient (Wildman–Crippen LogP) is 1.92. The van der Waals surface area contributed by atoms with Crippen molar-refractivity contribution in [2.45, 2.75) is 24.5 Å². The van der Waals surface area contributed by atoms with Gasteiger partial charge in [-0.3, -0.25) is 0 Å². The Kier molecular flexibility index (Phi) is 2.35. The lowest BCUT2D eigenvalue weighted by Crippen LogP contribution is -2.48. The highest BCUT2D eigenvalue weighted by Gasteiger charge is 2.45. The van der Waals surface area contributed by atoms with Gasteiger partial charge in [0.2, 0.25) is 0 Å². The summed E-state index contributed by atoms with van der Waals surface area (Å²) >= 11 is 5.96. The van der Waals surface area contributed by atoms with Gasteiger partial charge in [-0.1, -0.05) is 17.7 Å². The van der Waals surface area contributed by atoms with Gasteiger partial charge >= 0.3 is 0 Å². The second-order valence-electron chi connectivity index (χ2n) is 4.67. The number of aliphatic hydroxyl groups excluding tert-OH is 1. The molecule has 2 aliphatic heterocycles. The van der Waals surface area contributed by atoms with E-state index in [-0.39, 0.29) is 5.54 Å². The molecule has 16 heavy (non-hydrogen) atoms. The number of nitrogens with one attached hydrogen (secondary N) is 2. The first-order valence-electron chi connectivity index (χ1n) is 5.68. The molecule has 0 aliphatic carbocycles. The minimum atomic E-state index is -0.415.